The minimum absolute atomic E-state index is 0.173. The highest BCUT2D eigenvalue weighted by Gasteiger charge is 2.12. The maximum absolute atomic E-state index is 12.2. The second kappa shape index (κ2) is 7.79. The largest absolute Gasteiger partial charge is 0.399 e. The highest BCUT2D eigenvalue weighted by molar-refractivity contribution is 5.79. The molecule has 0 aliphatic rings. The molecule has 0 aliphatic carbocycles. The summed E-state index contributed by atoms with van der Waals surface area (Å²) >= 11 is 0. The van der Waals surface area contributed by atoms with E-state index in [1.165, 1.54) is 0 Å². The summed E-state index contributed by atoms with van der Waals surface area (Å²) in [4.78, 5) is 16.2. The van der Waals surface area contributed by atoms with Crippen LogP contribution in [0.25, 0.3) is 0 Å². The van der Waals surface area contributed by atoms with Crippen LogP contribution < -0.4 is 5.73 Å². The van der Waals surface area contributed by atoms with Crippen molar-refractivity contribution in [3.8, 4) is 0 Å². The van der Waals surface area contributed by atoms with Crippen LogP contribution in [0.2, 0.25) is 0 Å². The highest BCUT2D eigenvalue weighted by Crippen LogP contribution is 2.09. The van der Waals surface area contributed by atoms with E-state index in [4.69, 9.17) is 5.73 Å². The monoisotopic (exact) mass is 263 g/mol. The van der Waals surface area contributed by atoms with Crippen LogP contribution in [0.5, 0.6) is 0 Å². The first-order valence-corrected chi connectivity index (χ1v) is 6.80. The molecule has 0 spiro atoms. The number of hydrogen-bond acceptors (Lipinski definition) is 3. The van der Waals surface area contributed by atoms with Crippen LogP contribution in [-0.4, -0.2) is 49.4 Å². The molecular weight excluding hydrogens is 238 g/mol. The summed E-state index contributed by atoms with van der Waals surface area (Å²) in [6.45, 7) is 4.60. The van der Waals surface area contributed by atoms with Gasteiger partial charge in [-0.15, -0.1) is 0 Å². The van der Waals surface area contributed by atoms with Gasteiger partial charge in [0, 0.05) is 18.8 Å². The van der Waals surface area contributed by atoms with Crippen LogP contribution in [0.1, 0.15) is 18.9 Å². The molecule has 106 valence electrons. The molecular formula is C15H25N3O. The summed E-state index contributed by atoms with van der Waals surface area (Å²) in [5.74, 6) is 0.173. The minimum Gasteiger partial charge on any atom is -0.399 e. The third-order valence-electron chi connectivity index (χ3n) is 3.07. The van der Waals surface area contributed by atoms with E-state index < -0.39 is 0 Å². The molecule has 1 aromatic carbocycles. The lowest BCUT2D eigenvalue weighted by Crippen LogP contribution is -2.34. The summed E-state index contributed by atoms with van der Waals surface area (Å²) < 4.78 is 0. The number of anilines is 1. The van der Waals surface area contributed by atoms with Gasteiger partial charge in [-0.25, -0.2) is 0 Å². The lowest BCUT2D eigenvalue weighted by Gasteiger charge is -2.22. The zero-order valence-corrected chi connectivity index (χ0v) is 12.2. The summed E-state index contributed by atoms with van der Waals surface area (Å²) in [6.07, 6.45) is 1.43. The molecule has 0 atom stereocenters. The molecule has 0 unspecified atom stereocenters. The Balaban J connectivity index is 2.49. The number of likely N-dealkylation sites (N-methyl/N-ethyl adjacent to an activating group) is 1. The van der Waals surface area contributed by atoms with E-state index in [-0.39, 0.29) is 5.91 Å². The number of benzene rings is 1. The van der Waals surface area contributed by atoms with Crippen LogP contribution in [0, 0.1) is 0 Å². The Morgan fingerprint density at radius 1 is 1.26 bits per heavy atom. The Bertz CT molecular complexity index is 404. The van der Waals surface area contributed by atoms with Crippen molar-refractivity contribution >= 4 is 11.6 Å². The molecule has 0 aromatic heterocycles. The molecule has 0 saturated carbocycles. The maximum atomic E-state index is 12.2. The number of nitrogens with two attached hydrogens (primary N) is 1. The van der Waals surface area contributed by atoms with Crippen molar-refractivity contribution in [3.63, 3.8) is 0 Å². The normalized spacial score (nSPS) is 10.7. The Kier molecular flexibility index (Phi) is 6.36. The fourth-order valence-corrected chi connectivity index (χ4v) is 2.03. The zero-order chi connectivity index (χ0) is 14.3. The van der Waals surface area contributed by atoms with Gasteiger partial charge in [0.15, 0.2) is 0 Å². The highest BCUT2D eigenvalue weighted by atomic mass is 16.2. The van der Waals surface area contributed by atoms with Gasteiger partial charge in [-0.3, -0.25) is 4.79 Å². The Hall–Kier alpha value is -1.55. The van der Waals surface area contributed by atoms with Gasteiger partial charge in [-0.2, -0.15) is 0 Å². The second-order valence-corrected chi connectivity index (χ2v) is 5.05. The van der Waals surface area contributed by atoms with Gasteiger partial charge in [-0.1, -0.05) is 12.1 Å². The third-order valence-corrected chi connectivity index (χ3v) is 3.07. The smallest absolute Gasteiger partial charge is 0.226 e. The molecule has 0 bridgehead atoms. The molecule has 2 N–H and O–H groups in total. The van der Waals surface area contributed by atoms with E-state index in [0.29, 0.717) is 12.1 Å². The summed E-state index contributed by atoms with van der Waals surface area (Å²) in [5.41, 5.74) is 7.42. The van der Waals surface area contributed by atoms with Gasteiger partial charge < -0.3 is 15.5 Å². The average Bonchev–Trinajstić information content (AvgIpc) is 2.34. The number of carbonyl (C=O) groups excluding carboxylic acids is 1. The van der Waals surface area contributed by atoms with Crippen LogP contribution in [0.3, 0.4) is 0 Å². The molecule has 0 radical (unpaired) electrons. The first-order valence-electron chi connectivity index (χ1n) is 6.80. The SMILES string of the molecule is CCN(CCCN(C)C)C(=O)Cc1cccc(N)c1. The van der Waals surface area contributed by atoms with Crippen molar-refractivity contribution < 1.29 is 4.79 Å². The Labute approximate surface area is 116 Å². The number of rotatable bonds is 7. The maximum Gasteiger partial charge on any atom is 0.226 e. The molecule has 4 heteroatoms. The minimum atomic E-state index is 0.173. The standard InChI is InChI=1S/C15H25N3O/c1-4-18(10-6-9-17(2)3)15(19)12-13-7-5-8-14(16)11-13/h5,7-8,11H,4,6,9-10,12,16H2,1-3H3. The zero-order valence-electron chi connectivity index (χ0n) is 12.2. The van der Waals surface area contributed by atoms with Gasteiger partial charge in [0.05, 0.1) is 6.42 Å². The quantitative estimate of drug-likeness (QED) is 0.760. The second-order valence-electron chi connectivity index (χ2n) is 5.05. The topological polar surface area (TPSA) is 49.6 Å². The van der Waals surface area contributed by atoms with Gasteiger partial charge in [-0.05, 0) is 51.7 Å². The summed E-state index contributed by atoms with van der Waals surface area (Å²) in [7, 11) is 4.09. The first-order chi connectivity index (χ1) is 9.02. The lowest BCUT2D eigenvalue weighted by atomic mass is 10.1. The molecule has 4 nitrogen and oxygen atoms in total. The van der Waals surface area contributed by atoms with E-state index in [9.17, 15) is 4.79 Å². The first kappa shape index (κ1) is 15.5. The van der Waals surface area contributed by atoms with E-state index in [1.807, 2.05) is 50.2 Å². The van der Waals surface area contributed by atoms with Gasteiger partial charge in [0.2, 0.25) is 5.91 Å². The van der Waals surface area contributed by atoms with Crippen LogP contribution in [-0.2, 0) is 11.2 Å². The van der Waals surface area contributed by atoms with Crippen molar-refractivity contribution in [1.29, 1.82) is 0 Å². The lowest BCUT2D eigenvalue weighted by molar-refractivity contribution is -0.130. The van der Waals surface area contributed by atoms with Crippen LogP contribution in [0.4, 0.5) is 5.69 Å². The van der Waals surface area contributed by atoms with Gasteiger partial charge in [0.1, 0.15) is 0 Å². The van der Waals surface area contributed by atoms with E-state index in [0.717, 1.165) is 31.6 Å². The molecule has 1 amide bonds. The van der Waals surface area contributed by atoms with Crippen molar-refractivity contribution in [2.24, 2.45) is 0 Å². The van der Waals surface area contributed by atoms with E-state index in [2.05, 4.69) is 4.90 Å². The fourth-order valence-electron chi connectivity index (χ4n) is 2.03. The Morgan fingerprint density at radius 3 is 2.58 bits per heavy atom. The average molecular weight is 263 g/mol. The third kappa shape index (κ3) is 5.75. The predicted octanol–water partition coefficient (Wildman–Crippen LogP) is 1.61. The molecule has 0 aliphatic heterocycles. The van der Waals surface area contributed by atoms with Crippen molar-refractivity contribution in [2.75, 3.05) is 39.5 Å². The van der Waals surface area contributed by atoms with Crippen molar-refractivity contribution in [1.82, 2.24) is 9.80 Å². The molecule has 0 heterocycles. The van der Waals surface area contributed by atoms with Gasteiger partial charge in [0.25, 0.3) is 0 Å². The van der Waals surface area contributed by atoms with E-state index in [1.54, 1.807) is 0 Å². The molecule has 0 fully saturated rings. The van der Waals surface area contributed by atoms with Crippen molar-refractivity contribution in [2.45, 2.75) is 19.8 Å². The van der Waals surface area contributed by atoms with Gasteiger partial charge >= 0.3 is 0 Å². The number of nitrogen functional groups attached to an aromatic ring is 1. The summed E-state index contributed by atoms with van der Waals surface area (Å²) in [5, 5.41) is 0. The van der Waals surface area contributed by atoms with E-state index >= 15 is 0 Å². The number of amides is 1. The molecule has 1 aromatic rings. The predicted molar refractivity (Wildman–Crippen MR) is 80.0 cm³/mol. The number of carbonyl (C=O) groups is 1. The molecule has 19 heavy (non-hydrogen) atoms. The fraction of sp³-hybridized carbons (Fsp3) is 0.533. The van der Waals surface area contributed by atoms with Crippen molar-refractivity contribution in [3.05, 3.63) is 29.8 Å². The number of hydrogen-bond donors (Lipinski definition) is 1. The summed E-state index contributed by atoms with van der Waals surface area (Å²) in [6, 6.07) is 7.54. The Morgan fingerprint density at radius 2 is 2.00 bits per heavy atom. The molecule has 1 rings (SSSR count). The molecule has 0 saturated heterocycles. The van der Waals surface area contributed by atoms with Crippen LogP contribution >= 0.6 is 0 Å². The number of nitrogens with zero attached hydrogens (tertiary/aromatic N) is 2. The van der Waals surface area contributed by atoms with Crippen LogP contribution in [0.15, 0.2) is 24.3 Å².